The maximum atomic E-state index is 13.2. The van der Waals surface area contributed by atoms with Gasteiger partial charge in [0.25, 0.3) is 5.91 Å². The Labute approximate surface area is 180 Å². The fourth-order valence-corrected chi connectivity index (χ4v) is 3.87. The van der Waals surface area contributed by atoms with Crippen molar-refractivity contribution in [1.29, 1.82) is 0 Å². The summed E-state index contributed by atoms with van der Waals surface area (Å²) in [6, 6.07) is 15.9. The molecule has 2 aromatic rings. The number of carbonyl (C=O) groups is 2. The molecular weight excluding hydrogens is 408 g/mol. The summed E-state index contributed by atoms with van der Waals surface area (Å²) in [6.45, 7) is 1.43. The highest BCUT2D eigenvalue weighted by Gasteiger charge is 2.31. The van der Waals surface area contributed by atoms with E-state index in [1.807, 2.05) is 48.7 Å². The minimum absolute atomic E-state index is 0.0643. The van der Waals surface area contributed by atoms with Crippen molar-refractivity contribution in [3.05, 3.63) is 70.7 Å². The van der Waals surface area contributed by atoms with Crippen LogP contribution in [-0.2, 0) is 9.53 Å². The number of thioether (sulfide) groups is 1. The first-order valence-electron chi connectivity index (χ1n) is 9.59. The molecule has 1 aliphatic heterocycles. The summed E-state index contributed by atoms with van der Waals surface area (Å²) < 4.78 is 5.87. The second-order valence-electron chi connectivity index (χ2n) is 6.87. The van der Waals surface area contributed by atoms with Gasteiger partial charge in [-0.3, -0.25) is 9.59 Å². The van der Waals surface area contributed by atoms with Gasteiger partial charge < -0.3 is 15.0 Å². The normalized spacial score (nSPS) is 17.6. The molecule has 3 rings (SSSR count). The first kappa shape index (κ1) is 21.7. The number of morpholine rings is 1. The van der Waals surface area contributed by atoms with Crippen LogP contribution in [0.1, 0.15) is 28.4 Å². The molecule has 1 heterocycles. The van der Waals surface area contributed by atoms with Crippen molar-refractivity contribution < 1.29 is 14.3 Å². The summed E-state index contributed by atoms with van der Waals surface area (Å²) >= 11 is 7.63. The maximum Gasteiger partial charge on any atom is 0.251 e. The Morgan fingerprint density at radius 1 is 1.21 bits per heavy atom. The van der Waals surface area contributed by atoms with Crippen LogP contribution < -0.4 is 5.32 Å². The number of ether oxygens (including phenoxy) is 1. The van der Waals surface area contributed by atoms with E-state index in [4.69, 9.17) is 16.3 Å². The lowest BCUT2D eigenvalue weighted by molar-refractivity contribution is -0.141. The zero-order chi connectivity index (χ0) is 20.6. The Morgan fingerprint density at radius 3 is 2.62 bits per heavy atom. The summed E-state index contributed by atoms with van der Waals surface area (Å²) in [6.07, 6.45) is 2.38. The van der Waals surface area contributed by atoms with E-state index < -0.39 is 6.04 Å². The van der Waals surface area contributed by atoms with Crippen LogP contribution in [0.15, 0.2) is 54.6 Å². The third-order valence-electron chi connectivity index (χ3n) is 4.87. The van der Waals surface area contributed by atoms with E-state index in [1.54, 1.807) is 28.8 Å². The molecule has 2 atom stereocenters. The molecular formula is C22H25ClN2O3S. The van der Waals surface area contributed by atoms with Gasteiger partial charge >= 0.3 is 0 Å². The molecule has 1 saturated heterocycles. The largest absolute Gasteiger partial charge is 0.370 e. The summed E-state index contributed by atoms with van der Waals surface area (Å²) in [5, 5.41) is 3.59. The second kappa shape index (κ2) is 10.7. The van der Waals surface area contributed by atoms with Crippen molar-refractivity contribution in [2.75, 3.05) is 31.7 Å². The van der Waals surface area contributed by atoms with Gasteiger partial charge in [-0.2, -0.15) is 11.8 Å². The third kappa shape index (κ3) is 5.98. The zero-order valence-electron chi connectivity index (χ0n) is 16.3. The molecule has 0 saturated carbocycles. The number of nitrogens with zero attached hydrogens (tertiary/aromatic N) is 1. The molecule has 2 aromatic carbocycles. The molecule has 5 nitrogen and oxygen atoms in total. The first-order valence-corrected chi connectivity index (χ1v) is 11.4. The predicted octanol–water partition coefficient (Wildman–Crippen LogP) is 3.79. The fourth-order valence-electron chi connectivity index (χ4n) is 3.27. The number of benzene rings is 2. The van der Waals surface area contributed by atoms with E-state index in [0.717, 1.165) is 11.3 Å². The first-order chi connectivity index (χ1) is 14.1. The molecule has 0 radical (unpaired) electrons. The number of rotatable bonds is 7. The van der Waals surface area contributed by atoms with Crippen molar-refractivity contribution in [2.45, 2.75) is 18.6 Å². The molecule has 7 heteroatoms. The van der Waals surface area contributed by atoms with Crippen molar-refractivity contribution in [1.82, 2.24) is 10.2 Å². The summed E-state index contributed by atoms with van der Waals surface area (Å²) in [4.78, 5) is 27.6. The van der Waals surface area contributed by atoms with E-state index >= 15 is 0 Å². The van der Waals surface area contributed by atoms with Gasteiger partial charge in [-0.1, -0.05) is 41.9 Å². The molecule has 0 spiro atoms. The number of halogens is 1. The molecule has 0 bridgehead atoms. The van der Waals surface area contributed by atoms with Gasteiger partial charge in [0, 0.05) is 17.1 Å². The van der Waals surface area contributed by atoms with Crippen molar-refractivity contribution in [2.24, 2.45) is 0 Å². The lowest BCUT2D eigenvalue weighted by Gasteiger charge is -2.35. The van der Waals surface area contributed by atoms with E-state index in [1.165, 1.54) is 0 Å². The Balaban J connectivity index is 1.69. The van der Waals surface area contributed by atoms with Gasteiger partial charge in [0.2, 0.25) is 5.91 Å². The van der Waals surface area contributed by atoms with Crippen molar-refractivity contribution >= 4 is 35.2 Å². The van der Waals surface area contributed by atoms with Crippen LogP contribution in [-0.4, -0.2) is 54.5 Å². The maximum absolute atomic E-state index is 13.2. The highest BCUT2D eigenvalue weighted by molar-refractivity contribution is 7.98. The molecule has 0 aromatic heterocycles. The Hall–Kier alpha value is -2.02. The van der Waals surface area contributed by atoms with E-state index in [-0.39, 0.29) is 17.9 Å². The van der Waals surface area contributed by atoms with Gasteiger partial charge in [0.1, 0.15) is 12.1 Å². The summed E-state index contributed by atoms with van der Waals surface area (Å²) in [5.41, 5.74) is 1.54. The molecule has 2 amide bonds. The van der Waals surface area contributed by atoms with Crippen molar-refractivity contribution in [3.63, 3.8) is 0 Å². The van der Waals surface area contributed by atoms with Crippen LogP contribution in [0.5, 0.6) is 0 Å². The van der Waals surface area contributed by atoms with Crippen LogP contribution in [0.4, 0.5) is 0 Å². The number of amides is 2. The molecule has 1 aliphatic rings. The van der Waals surface area contributed by atoms with Gasteiger partial charge in [0.05, 0.1) is 13.2 Å². The molecule has 2 unspecified atom stereocenters. The number of carbonyl (C=O) groups excluding carboxylic acids is 2. The minimum Gasteiger partial charge on any atom is -0.370 e. The average Bonchev–Trinajstić information content (AvgIpc) is 2.77. The molecule has 154 valence electrons. The number of nitrogens with one attached hydrogen (secondary N) is 1. The Kier molecular flexibility index (Phi) is 7.98. The van der Waals surface area contributed by atoms with Crippen molar-refractivity contribution in [3.8, 4) is 0 Å². The van der Waals surface area contributed by atoms with E-state index in [9.17, 15) is 9.59 Å². The summed E-state index contributed by atoms with van der Waals surface area (Å²) in [5.74, 6) is 0.495. The van der Waals surface area contributed by atoms with E-state index in [2.05, 4.69) is 5.32 Å². The predicted molar refractivity (Wildman–Crippen MR) is 117 cm³/mol. The zero-order valence-corrected chi connectivity index (χ0v) is 17.9. The third-order valence-corrected chi connectivity index (χ3v) is 5.77. The quantitative estimate of drug-likeness (QED) is 0.723. The number of hydrogen-bond acceptors (Lipinski definition) is 4. The van der Waals surface area contributed by atoms with Crippen LogP contribution in [0, 0.1) is 0 Å². The standard InChI is InChI=1S/C22H25ClN2O3S/c1-29-14-11-19(24-21(26)17-5-3-2-4-6-17)22(27)25-12-13-28-20(15-25)16-7-9-18(23)10-8-16/h2-10,19-20H,11-15H2,1H3,(H,24,26). The smallest absolute Gasteiger partial charge is 0.251 e. The Morgan fingerprint density at radius 2 is 1.93 bits per heavy atom. The fraction of sp³-hybridized carbons (Fsp3) is 0.364. The minimum atomic E-state index is -0.556. The molecule has 1 fully saturated rings. The van der Waals surface area contributed by atoms with Gasteiger partial charge in [-0.15, -0.1) is 0 Å². The van der Waals surface area contributed by atoms with Crippen LogP contribution >= 0.6 is 23.4 Å². The monoisotopic (exact) mass is 432 g/mol. The van der Waals surface area contributed by atoms with Gasteiger partial charge in [0.15, 0.2) is 0 Å². The van der Waals surface area contributed by atoms with Crippen LogP contribution in [0.2, 0.25) is 5.02 Å². The van der Waals surface area contributed by atoms with Crippen LogP contribution in [0.25, 0.3) is 0 Å². The topological polar surface area (TPSA) is 58.6 Å². The Bertz CT molecular complexity index is 817. The highest BCUT2D eigenvalue weighted by atomic mass is 35.5. The van der Waals surface area contributed by atoms with Crippen LogP contribution in [0.3, 0.4) is 0 Å². The lowest BCUT2D eigenvalue weighted by Crippen LogP contribution is -2.52. The lowest BCUT2D eigenvalue weighted by atomic mass is 10.1. The van der Waals surface area contributed by atoms with Gasteiger partial charge in [-0.05, 0) is 48.3 Å². The SMILES string of the molecule is CSCCC(NC(=O)c1ccccc1)C(=O)N1CCOC(c2ccc(Cl)cc2)C1. The summed E-state index contributed by atoms with van der Waals surface area (Å²) in [7, 11) is 0. The average molecular weight is 433 g/mol. The number of hydrogen-bond donors (Lipinski definition) is 1. The van der Waals surface area contributed by atoms with E-state index in [0.29, 0.717) is 36.7 Å². The van der Waals surface area contributed by atoms with Gasteiger partial charge in [-0.25, -0.2) is 0 Å². The highest BCUT2D eigenvalue weighted by Crippen LogP contribution is 2.24. The molecule has 1 N–H and O–H groups in total. The second-order valence-corrected chi connectivity index (χ2v) is 8.29. The molecule has 29 heavy (non-hydrogen) atoms. The molecule has 0 aliphatic carbocycles.